The van der Waals surface area contributed by atoms with Crippen LogP contribution in [0.1, 0.15) is 31.4 Å². The molecule has 1 amide bonds. The standard InChI is InChI=1S/C25H29N3OS.CH2O2/c1-18(20-13-15-22(26-2)16-14-20)27-17-19-7-3-4-8-21(12-11-19)25(29)28-23-9-5-6-10-24(23)30;2-1-3/h3,5-7,9-16,18,26-27,30H,4,8,17H2,1-2H3,(H,28,29);1H,(H,2,3)/b7-3-,19-11+,21-12+;. The number of amides is 1. The molecule has 0 saturated carbocycles. The molecule has 1 aliphatic carbocycles. The summed E-state index contributed by atoms with van der Waals surface area (Å²) in [7, 11) is 1.92. The number of carboxylic acid groups (broad SMARTS) is 1. The Balaban J connectivity index is 0.00000122. The third-order valence-electron chi connectivity index (χ3n) is 5.17. The number of thiol groups is 1. The molecule has 2 aromatic carbocycles. The van der Waals surface area contributed by atoms with Crippen LogP contribution in [0.4, 0.5) is 11.4 Å². The molecule has 174 valence electrons. The third kappa shape index (κ3) is 8.63. The minimum atomic E-state index is -0.250. The highest BCUT2D eigenvalue weighted by atomic mass is 32.1. The van der Waals surface area contributed by atoms with Crippen LogP contribution in [0, 0.1) is 0 Å². The molecule has 1 atom stereocenters. The van der Waals surface area contributed by atoms with E-state index >= 15 is 0 Å². The molecule has 0 fully saturated rings. The van der Waals surface area contributed by atoms with Crippen LogP contribution in [0.15, 0.2) is 88.9 Å². The SMILES string of the molecule is CNc1ccc(C(C)NCC2=C/C=C(/C(=O)Nc3ccccc3S)CC/C=C\2)cc1.O=CO. The molecule has 0 aromatic heterocycles. The molecule has 0 heterocycles. The average Bonchev–Trinajstić information content (AvgIpc) is 2.80. The van der Waals surface area contributed by atoms with Gasteiger partial charge in [0, 0.05) is 35.8 Å². The van der Waals surface area contributed by atoms with Crippen molar-refractivity contribution < 1.29 is 14.7 Å². The number of nitrogens with one attached hydrogen (secondary N) is 3. The summed E-state index contributed by atoms with van der Waals surface area (Å²) < 4.78 is 0. The van der Waals surface area contributed by atoms with Crippen molar-refractivity contribution in [2.75, 3.05) is 24.2 Å². The van der Waals surface area contributed by atoms with Crippen LogP contribution in [0.2, 0.25) is 0 Å². The van der Waals surface area contributed by atoms with Crippen molar-refractivity contribution in [1.29, 1.82) is 0 Å². The van der Waals surface area contributed by atoms with Gasteiger partial charge in [0.05, 0.1) is 5.69 Å². The lowest BCUT2D eigenvalue weighted by molar-refractivity contribution is -0.122. The minimum Gasteiger partial charge on any atom is -0.483 e. The van der Waals surface area contributed by atoms with Crippen LogP contribution in [-0.4, -0.2) is 31.1 Å². The summed E-state index contributed by atoms with van der Waals surface area (Å²) in [5.41, 5.74) is 4.99. The first-order valence-corrected chi connectivity index (χ1v) is 11.2. The number of para-hydroxylation sites is 1. The Kier molecular flexibility index (Phi) is 11.0. The molecule has 2 aromatic rings. The predicted molar refractivity (Wildman–Crippen MR) is 138 cm³/mol. The highest BCUT2D eigenvalue weighted by molar-refractivity contribution is 7.80. The highest BCUT2D eigenvalue weighted by Gasteiger charge is 2.11. The summed E-state index contributed by atoms with van der Waals surface area (Å²) in [4.78, 5) is 21.8. The number of allylic oxidation sites excluding steroid dienone is 3. The summed E-state index contributed by atoms with van der Waals surface area (Å²) in [5.74, 6) is -0.0756. The van der Waals surface area contributed by atoms with Gasteiger partial charge in [-0.15, -0.1) is 12.6 Å². The molecule has 6 nitrogen and oxygen atoms in total. The van der Waals surface area contributed by atoms with E-state index in [2.05, 4.69) is 71.9 Å². The van der Waals surface area contributed by atoms with E-state index in [0.717, 1.165) is 40.4 Å². The van der Waals surface area contributed by atoms with E-state index in [4.69, 9.17) is 9.90 Å². The van der Waals surface area contributed by atoms with E-state index in [1.165, 1.54) is 5.56 Å². The number of hydrogen-bond donors (Lipinski definition) is 5. The van der Waals surface area contributed by atoms with Gasteiger partial charge in [-0.3, -0.25) is 9.59 Å². The number of carbonyl (C=O) groups is 2. The van der Waals surface area contributed by atoms with Crippen LogP contribution in [-0.2, 0) is 9.59 Å². The lowest BCUT2D eigenvalue weighted by Crippen LogP contribution is -2.21. The fraction of sp³-hybridized carbons (Fsp3) is 0.231. The van der Waals surface area contributed by atoms with Gasteiger partial charge in [-0.1, -0.05) is 48.6 Å². The molecule has 0 radical (unpaired) electrons. The van der Waals surface area contributed by atoms with Crippen LogP contribution >= 0.6 is 12.6 Å². The van der Waals surface area contributed by atoms with Crippen molar-refractivity contribution in [1.82, 2.24) is 5.32 Å². The summed E-state index contributed by atoms with van der Waals surface area (Å²) in [6.45, 7) is 2.64. The molecular formula is C26H31N3O3S. The van der Waals surface area contributed by atoms with Gasteiger partial charge in [-0.25, -0.2) is 0 Å². The van der Waals surface area contributed by atoms with Gasteiger partial charge in [0.2, 0.25) is 0 Å². The zero-order chi connectivity index (χ0) is 24.1. The number of anilines is 2. The van der Waals surface area contributed by atoms with Crippen LogP contribution in [0.25, 0.3) is 0 Å². The van der Waals surface area contributed by atoms with E-state index in [9.17, 15) is 4.79 Å². The summed E-state index contributed by atoms with van der Waals surface area (Å²) in [5, 5.41) is 16.6. The Morgan fingerprint density at radius 2 is 1.85 bits per heavy atom. The number of rotatable bonds is 7. The molecule has 3 rings (SSSR count). The van der Waals surface area contributed by atoms with Crippen molar-refractivity contribution in [2.45, 2.75) is 30.7 Å². The fourth-order valence-corrected chi connectivity index (χ4v) is 3.45. The summed E-state index contributed by atoms with van der Waals surface area (Å²) in [6.07, 6.45) is 9.78. The first-order valence-electron chi connectivity index (χ1n) is 10.7. The van der Waals surface area contributed by atoms with Gasteiger partial charge in [0.1, 0.15) is 0 Å². The second kappa shape index (κ2) is 14.0. The third-order valence-corrected chi connectivity index (χ3v) is 5.56. The Bertz CT molecular complexity index is 1010. The number of hydrogen-bond acceptors (Lipinski definition) is 5. The lowest BCUT2D eigenvalue weighted by atomic mass is 10.0. The quantitative estimate of drug-likeness (QED) is 0.286. The first-order chi connectivity index (χ1) is 16.0. The van der Waals surface area contributed by atoms with Crippen molar-refractivity contribution in [3.63, 3.8) is 0 Å². The fourth-order valence-electron chi connectivity index (χ4n) is 3.24. The maximum atomic E-state index is 12.7. The number of carbonyl (C=O) groups excluding carboxylic acids is 1. The molecule has 4 N–H and O–H groups in total. The second-order valence-electron chi connectivity index (χ2n) is 7.43. The van der Waals surface area contributed by atoms with Crippen LogP contribution < -0.4 is 16.0 Å². The first kappa shape index (κ1) is 26.0. The zero-order valence-corrected chi connectivity index (χ0v) is 19.8. The van der Waals surface area contributed by atoms with Crippen molar-refractivity contribution in [2.24, 2.45) is 0 Å². The molecule has 0 aliphatic heterocycles. The average molecular weight is 466 g/mol. The van der Waals surface area contributed by atoms with Crippen molar-refractivity contribution >= 4 is 36.4 Å². The summed E-state index contributed by atoms with van der Waals surface area (Å²) >= 11 is 4.41. The molecular weight excluding hydrogens is 434 g/mol. The molecule has 0 saturated heterocycles. The molecule has 1 aliphatic rings. The summed E-state index contributed by atoms with van der Waals surface area (Å²) in [6, 6.07) is 16.2. The van der Waals surface area contributed by atoms with E-state index in [1.54, 1.807) is 0 Å². The molecule has 7 heteroatoms. The van der Waals surface area contributed by atoms with Gasteiger partial charge in [0.25, 0.3) is 12.4 Å². The van der Waals surface area contributed by atoms with Crippen LogP contribution in [0.5, 0.6) is 0 Å². The smallest absolute Gasteiger partial charge is 0.290 e. The van der Waals surface area contributed by atoms with Gasteiger partial charge < -0.3 is 21.1 Å². The van der Waals surface area contributed by atoms with Gasteiger partial charge in [-0.05, 0) is 55.2 Å². The van der Waals surface area contributed by atoms with Crippen molar-refractivity contribution in [3.8, 4) is 0 Å². The predicted octanol–water partition coefficient (Wildman–Crippen LogP) is 5.21. The topological polar surface area (TPSA) is 90.5 Å². The van der Waals surface area contributed by atoms with E-state index in [-0.39, 0.29) is 18.4 Å². The monoisotopic (exact) mass is 465 g/mol. The van der Waals surface area contributed by atoms with E-state index < -0.39 is 0 Å². The molecule has 0 bridgehead atoms. The Hall–Kier alpha value is -3.29. The van der Waals surface area contributed by atoms with E-state index in [1.807, 2.05) is 43.5 Å². The largest absolute Gasteiger partial charge is 0.483 e. The van der Waals surface area contributed by atoms with Crippen molar-refractivity contribution in [3.05, 3.63) is 89.5 Å². The van der Waals surface area contributed by atoms with Gasteiger partial charge in [0.15, 0.2) is 0 Å². The van der Waals surface area contributed by atoms with Crippen LogP contribution in [0.3, 0.4) is 0 Å². The molecule has 1 unspecified atom stereocenters. The number of benzene rings is 2. The minimum absolute atomic E-state index is 0.0756. The second-order valence-corrected chi connectivity index (χ2v) is 7.91. The maximum absolute atomic E-state index is 12.7. The molecule has 33 heavy (non-hydrogen) atoms. The lowest BCUT2D eigenvalue weighted by Gasteiger charge is -2.16. The van der Waals surface area contributed by atoms with Gasteiger partial charge in [-0.2, -0.15) is 0 Å². The molecule has 0 spiro atoms. The Morgan fingerprint density at radius 1 is 1.15 bits per heavy atom. The Morgan fingerprint density at radius 3 is 2.52 bits per heavy atom. The normalized spacial score (nSPS) is 17.9. The van der Waals surface area contributed by atoms with Gasteiger partial charge >= 0.3 is 0 Å². The maximum Gasteiger partial charge on any atom is 0.290 e. The highest BCUT2D eigenvalue weighted by Crippen LogP contribution is 2.21. The Labute approximate surface area is 200 Å². The van der Waals surface area contributed by atoms with E-state index in [0.29, 0.717) is 6.42 Å². The zero-order valence-electron chi connectivity index (χ0n) is 18.9.